The number of benzene rings is 1. The van der Waals surface area contributed by atoms with Crippen LogP contribution in [0.2, 0.25) is 0 Å². The molecule has 0 heterocycles. The fraction of sp³-hybridized carbons (Fsp3) is 0.267. The fourth-order valence-corrected chi connectivity index (χ4v) is 1.50. The third kappa shape index (κ3) is 3.74. The van der Waals surface area contributed by atoms with Gasteiger partial charge in [-0.05, 0) is 18.1 Å². The van der Waals surface area contributed by atoms with Gasteiger partial charge in [-0.3, -0.25) is 4.79 Å². The van der Waals surface area contributed by atoms with Crippen LogP contribution >= 0.6 is 0 Å². The van der Waals surface area contributed by atoms with Crippen molar-refractivity contribution in [1.82, 2.24) is 0 Å². The second-order valence-corrected chi connectivity index (χ2v) is 3.64. The van der Waals surface area contributed by atoms with Gasteiger partial charge in [-0.15, -0.1) is 6.42 Å². The number of carbonyl (C=O) groups excluding carboxylic acids is 1. The summed E-state index contributed by atoms with van der Waals surface area (Å²) in [6.07, 6.45) is 10.9. The van der Waals surface area contributed by atoms with E-state index in [4.69, 9.17) is 6.42 Å². The first-order chi connectivity index (χ1) is 7.77. The molecule has 0 spiro atoms. The molecule has 0 N–H and O–H groups in total. The number of aryl methyl sites for hydroxylation is 1. The standard InChI is InChI=1S/C15H16O/c1-3-5-6-8-15(16)14-11-9-13(7-4-2)10-12-14/h1,5-6,9-12H,4,7-8H2,2H3. The van der Waals surface area contributed by atoms with Gasteiger partial charge in [0, 0.05) is 12.0 Å². The van der Waals surface area contributed by atoms with Crippen LogP contribution in [0.4, 0.5) is 0 Å². The van der Waals surface area contributed by atoms with Gasteiger partial charge in [-0.2, -0.15) is 0 Å². The van der Waals surface area contributed by atoms with E-state index in [1.54, 1.807) is 12.2 Å². The van der Waals surface area contributed by atoms with Crippen LogP contribution in [0.5, 0.6) is 0 Å². The van der Waals surface area contributed by atoms with Crippen LogP contribution in [0.25, 0.3) is 0 Å². The number of ketones is 1. The SMILES string of the molecule is C#CC=CCC(=O)c1ccc(CCC)cc1. The van der Waals surface area contributed by atoms with Crippen molar-refractivity contribution in [3.8, 4) is 12.3 Å². The Morgan fingerprint density at radius 2 is 2.06 bits per heavy atom. The number of terminal acetylenes is 1. The van der Waals surface area contributed by atoms with Crippen LogP contribution in [-0.2, 0) is 6.42 Å². The summed E-state index contributed by atoms with van der Waals surface area (Å²) < 4.78 is 0. The number of hydrogen-bond acceptors (Lipinski definition) is 1. The topological polar surface area (TPSA) is 17.1 Å². The lowest BCUT2D eigenvalue weighted by Crippen LogP contribution is -1.97. The van der Waals surface area contributed by atoms with Crippen LogP contribution in [0, 0.1) is 12.3 Å². The lowest BCUT2D eigenvalue weighted by Gasteiger charge is -2.01. The van der Waals surface area contributed by atoms with E-state index in [1.165, 1.54) is 5.56 Å². The van der Waals surface area contributed by atoms with Gasteiger partial charge in [0.1, 0.15) is 0 Å². The van der Waals surface area contributed by atoms with Crippen molar-refractivity contribution in [2.24, 2.45) is 0 Å². The Morgan fingerprint density at radius 3 is 2.62 bits per heavy atom. The summed E-state index contributed by atoms with van der Waals surface area (Å²) in [5, 5.41) is 0. The quantitative estimate of drug-likeness (QED) is 0.540. The monoisotopic (exact) mass is 212 g/mol. The molecular weight excluding hydrogens is 196 g/mol. The first-order valence-corrected chi connectivity index (χ1v) is 5.51. The Bertz CT molecular complexity index is 404. The first-order valence-electron chi connectivity index (χ1n) is 5.51. The molecule has 0 amide bonds. The van der Waals surface area contributed by atoms with Gasteiger partial charge in [0.15, 0.2) is 5.78 Å². The molecule has 0 fully saturated rings. The van der Waals surface area contributed by atoms with Crippen molar-refractivity contribution < 1.29 is 4.79 Å². The maximum absolute atomic E-state index is 11.7. The van der Waals surface area contributed by atoms with Gasteiger partial charge in [0.2, 0.25) is 0 Å². The van der Waals surface area contributed by atoms with Crippen LogP contribution in [0.15, 0.2) is 36.4 Å². The second-order valence-electron chi connectivity index (χ2n) is 3.64. The Labute approximate surface area is 97.2 Å². The molecule has 0 aliphatic heterocycles. The van der Waals surface area contributed by atoms with E-state index in [1.807, 2.05) is 24.3 Å². The minimum Gasteiger partial charge on any atom is -0.294 e. The third-order valence-electron chi connectivity index (χ3n) is 2.33. The molecule has 0 saturated carbocycles. The molecule has 0 aliphatic carbocycles. The minimum absolute atomic E-state index is 0.106. The van der Waals surface area contributed by atoms with Gasteiger partial charge in [-0.1, -0.05) is 49.6 Å². The van der Waals surface area contributed by atoms with E-state index in [2.05, 4.69) is 12.8 Å². The molecule has 1 nitrogen and oxygen atoms in total. The summed E-state index contributed by atoms with van der Waals surface area (Å²) in [6, 6.07) is 7.80. The zero-order chi connectivity index (χ0) is 11.8. The highest BCUT2D eigenvalue weighted by molar-refractivity contribution is 5.97. The zero-order valence-corrected chi connectivity index (χ0v) is 9.57. The Hall–Kier alpha value is -1.81. The van der Waals surface area contributed by atoms with E-state index < -0.39 is 0 Å². The number of carbonyl (C=O) groups is 1. The molecule has 1 aromatic carbocycles. The summed E-state index contributed by atoms with van der Waals surface area (Å²) in [6.45, 7) is 2.14. The normalized spacial score (nSPS) is 10.2. The zero-order valence-electron chi connectivity index (χ0n) is 9.57. The van der Waals surface area contributed by atoms with E-state index in [-0.39, 0.29) is 5.78 Å². The molecule has 0 bridgehead atoms. The molecule has 16 heavy (non-hydrogen) atoms. The molecule has 0 aromatic heterocycles. The molecule has 1 aromatic rings. The molecule has 0 saturated heterocycles. The van der Waals surface area contributed by atoms with Crippen LogP contribution in [0.1, 0.15) is 35.7 Å². The minimum atomic E-state index is 0.106. The highest BCUT2D eigenvalue weighted by Gasteiger charge is 2.02. The number of allylic oxidation sites excluding steroid dienone is 2. The largest absolute Gasteiger partial charge is 0.294 e. The third-order valence-corrected chi connectivity index (χ3v) is 2.33. The van der Waals surface area contributed by atoms with Crippen molar-refractivity contribution in [2.75, 3.05) is 0 Å². The summed E-state index contributed by atoms with van der Waals surface area (Å²) in [5.41, 5.74) is 2.03. The molecule has 0 atom stereocenters. The smallest absolute Gasteiger partial charge is 0.166 e. The van der Waals surface area contributed by atoms with Crippen LogP contribution < -0.4 is 0 Å². The average Bonchev–Trinajstić information content (AvgIpc) is 2.30. The Morgan fingerprint density at radius 1 is 1.38 bits per heavy atom. The number of hydrogen-bond donors (Lipinski definition) is 0. The number of Topliss-reactive ketones (excluding diaryl/α,β-unsaturated/α-hetero) is 1. The molecule has 0 unspecified atom stereocenters. The summed E-state index contributed by atoms with van der Waals surface area (Å²) in [4.78, 5) is 11.7. The van der Waals surface area contributed by atoms with Gasteiger partial charge in [0.05, 0.1) is 0 Å². The van der Waals surface area contributed by atoms with Crippen LogP contribution in [0.3, 0.4) is 0 Å². The maximum atomic E-state index is 11.7. The van der Waals surface area contributed by atoms with E-state index in [0.717, 1.165) is 18.4 Å². The Kier molecular flexibility index (Phi) is 5.08. The molecular formula is C15H16O. The highest BCUT2D eigenvalue weighted by Crippen LogP contribution is 2.09. The second kappa shape index (κ2) is 6.63. The van der Waals surface area contributed by atoms with Crippen molar-refractivity contribution in [1.29, 1.82) is 0 Å². The summed E-state index contributed by atoms with van der Waals surface area (Å²) in [5.74, 6) is 2.47. The molecule has 1 rings (SSSR count). The van der Waals surface area contributed by atoms with Crippen LogP contribution in [-0.4, -0.2) is 5.78 Å². The molecule has 0 aliphatic rings. The number of rotatable bonds is 5. The highest BCUT2D eigenvalue weighted by atomic mass is 16.1. The predicted molar refractivity (Wildman–Crippen MR) is 67.4 cm³/mol. The van der Waals surface area contributed by atoms with E-state index in [9.17, 15) is 4.79 Å². The van der Waals surface area contributed by atoms with Gasteiger partial charge in [0.25, 0.3) is 0 Å². The lowest BCUT2D eigenvalue weighted by atomic mass is 10.0. The summed E-state index contributed by atoms with van der Waals surface area (Å²) in [7, 11) is 0. The average molecular weight is 212 g/mol. The maximum Gasteiger partial charge on any atom is 0.166 e. The lowest BCUT2D eigenvalue weighted by molar-refractivity contribution is 0.0996. The molecule has 0 radical (unpaired) electrons. The van der Waals surface area contributed by atoms with Gasteiger partial charge in [-0.25, -0.2) is 0 Å². The van der Waals surface area contributed by atoms with Crippen molar-refractivity contribution >= 4 is 5.78 Å². The van der Waals surface area contributed by atoms with E-state index >= 15 is 0 Å². The van der Waals surface area contributed by atoms with Crippen molar-refractivity contribution in [2.45, 2.75) is 26.2 Å². The molecule has 82 valence electrons. The van der Waals surface area contributed by atoms with Crippen molar-refractivity contribution in [3.63, 3.8) is 0 Å². The Balaban J connectivity index is 2.63. The van der Waals surface area contributed by atoms with Gasteiger partial charge >= 0.3 is 0 Å². The first kappa shape index (κ1) is 12.3. The predicted octanol–water partition coefficient (Wildman–Crippen LogP) is 3.40. The van der Waals surface area contributed by atoms with Gasteiger partial charge < -0.3 is 0 Å². The fourth-order valence-electron chi connectivity index (χ4n) is 1.50. The summed E-state index contributed by atoms with van der Waals surface area (Å²) >= 11 is 0. The van der Waals surface area contributed by atoms with E-state index in [0.29, 0.717) is 6.42 Å². The molecule has 1 heteroatoms. The van der Waals surface area contributed by atoms with Crippen molar-refractivity contribution in [3.05, 3.63) is 47.5 Å².